The third-order valence-corrected chi connectivity index (χ3v) is 2.64. The highest BCUT2D eigenvalue weighted by atomic mass is 19.4. The number of carbonyl (C=O) groups excluding carboxylic acids is 2. The van der Waals surface area contributed by atoms with Crippen molar-refractivity contribution >= 4 is 11.8 Å². The first-order valence-electron chi connectivity index (χ1n) is 4.94. The fraction of sp³-hybridized carbons (Fsp3) is 0.778. The first-order valence-corrected chi connectivity index (χ1v) is 4.94. The first kappa shape index (κ1) is 12.8. The fourth-order valence-corrected chi connectivity index (χ4v) is 1.73. The Morgan fingerprint density at radius 2 is 1.75 bits per heavy atom. The Labute approximate surface area is 90.8 Å². The van der Waals surface area contributed by atoms with Crippen LogP contribution in [-0.4, -0.2) is 43.0 Å². The predicted octanol–water partition coefficient (Wildman–Crippen LogP) is 0.533. The van der Waals surface area contributed by atoms with E-state index in [-0.39, 0.29) is 37.8 Å². The Morgan fingerprint density at radius 3 is 2.12 bits per heavy atom. The van der Waals surface area contributed by atoms with Gasteiger partial charge in [0.15, 0.2) is 0 Å². The number of nitrogens with one attached hydrogen (secondary N) is 1. The standard InChI is InChI=1S/C9H13F3N2O2/c1-13-7(15)6-2-4-14(5-3-6)8(16)9(10,11)12/h6H,2-5H2,1H3,(H,13,15). The van der Waals surface area contributed by atoms with E-state index >= 15 is 0 Å². The maximum Gasteiger partial charge on any atom is 0.471 e. The number of hydrogen-bond acceptors (Lipinski definition) is 2. The molecule has 1 fully saturated rings. The smallest absolute Gasteiger partial charge is 0.359 e. The van der Waals surface area contributed by atoms with Gasteiger partial charge in [0.05, 0.1) is 0 Å². The van der Waals surface area contributed by atoms with Crippen LogP contribution in [0.4, 0.5) is 13.2 Å². The van der Waals surface area contributed by atoms with Crippen molar-refractivity contribution in [2.45, 2.75) is 19.0 Å². The second kappa shape index (κ2) is 4.71. The van der Waals surface area contributed by atoms with Crippen LogP contribution in [0.2, 0.25) is 0 Å². The molecule has 1 aliphatic rings. The predicted molar refractivity (Wildman–Crippen MR) is 49.4 cm³/mol. The van der Waals surface area contributed by atoms with Crippen LogP contribution in [0.5, 0.6) is 0 Å². The summed E-state index contributed by atoms with van der Waals surface area (Å²) in [6.45, 7) is -0.0349. The Hall–Kier alpha value is -1.27. The van der Waals surface area contributed by atoms with Crippen LogP contribution in [0, 0.1) is 5.92 Å². The van der Waals surface area contributed by atoms with Gasteiger partial charge in [-0.05, 0) is 12.8 Å². The lowest BCUT2D eigenvalue weighted by Crippen LogP contribution is -2.47. The molecule has 0 spiro atoms. The lowest BCUT2D eigenvalue weighted by atomic mass is 9.96. The fourth-order valence-electron chi connectivity index (χ4n) is 1.73. The van der Waals surface area contributed by atoms with E-state index < -0.39 is 12.1 Å². The molecule has 2 amide bonds. The van der Waals surface area contributed by atoms with Crippen molar-refractivity contribution in [2.24, 2.45) is 5.92 Å². The van der Waals surface area contributed by atoms with Crippen molar-refractivity contribution in [3.8, 4) is 0 Å². The maximum atomic E-state index is 12.1. The summed E-state index contributed by atoms with van der Waals surface area (Å²) in [6, 6.07) is 0. The van der Waals surface area contributed by atoms with Gasteiger partial charge in [-0.3, -0.25) is 9.59 Å². The second-order valence-corrected chi connectivity index (χ2v) is 3.68. The highest BCUT2D eigenvalue weighted by Crippen LogP contribution is 2.23. The molecule has 0 aliphatic carbocycles. The zero-order valence-electron chi connectivity index (χ0n) is 8.80. The first-order chi connectivity index (χ1) is 7.36. The third-order valence-electron chi connectivity index (χ3n) is 2.64. The number of nitrogens with zero attached hydrogens (tertiary/aromatic N) is 1. The number of carbonyl (C=O) groups is 2. The highest BCUT2D eigenvalue weighted by Gasteiger charge is 2.43. The molecule has 0 bridgehead atoms. The molecule has 7 heteroatoms. The van der Waals surface area contributed by atoms with Gasteiger partial charge in [0.1, 0.15) is 0 Å². The highest BCUT2D eigenvalue weighted by molar-refractivity contribution is 5.82. The van der Waals surface area contributed by atoms with Gasteiger partial charge in [0, 0.05) is 26.1 Å². The van der Waals surface area contributed by atoms with E-state index in [2.05, 4.69) is 5.32 Å². The Balaban J connectivity index is 2.49. The van der Waals surface area contributed by atoms with Gasteiger partial charge in [0.25, 0.3) is 0 Å². The molecule has 0 aromatic heterocycles. The average Bonchev–Trinajstić information content (AvgIpc) is 2.26. The minimum atomic E-state index is -4.82. The Kier molecular flexibility index (Phi) is 3.77. The molecule has 0 unspecified atom stereocenters. The van der Waals surface area contributed by atoms with E-state index in [1.165, 1.54) is 7.05 Å². The summed E-state index contributed by atoms with van der Waals surface area (Å²) in [4.78, 5) is 22.8. The minimum Gasteiger partial charge on any atom is -0.359 e. The van der Waals surface area contributed by atoms with Crippen molar-refractivity contribution in [1.29, 1.82) is 0 Å². The minimum absolute atomic E-state index is 0.0174. The molecule has 0 aromatic carbocycles. The van der Waals surface area contributed by atoms with Crippen LogP contribution in [0.3, 0.4) is 0 Å². The molecule has 16 heavy (non-hydrogen) atoms. The number of halogens is 3. The Morgan fingerprint density at radius 1 is 1.25 bits per heavy atom. The van der Waals surface area contributed by atoms with Crippen molar-refractivity contribution in [2.75, 3.05) is 20.1 Å². The second-order valence-electron chi connectivity index (χ2n) is 3.68. The molecule has 1 N–H and O–H groups in total. The summed E-state index contributed by atoms with van der Waals surface area (Å²) in [5.74, 6) is -2.29. The Bertz CT molecular complexity index is 283. The van der Waals surface area contributed by atoms with E-state index in [0.29, 0.717) is 0 Å². The normalized spacial score (nSPS) is 18.4. The zero-order valence-corrected chi connectivity index (χ0v) is 8.80. The van der Waals surface area contributed by atoms with Gasteiger partial charge < -0.3 is 10.2 Å². The van der Waals surface area contributed by atoms with Crippen LogP contribution in [-0.2, 0) is 9.59 Å². The number of alkyl halides is 3. The summed E-state index contributed by atoms with van der Waals surface area (Å²) in [5.41, 5.74) is 0. The number of likely N-dealkylation sites (tertiary alicyclic amines) is 1. The van der Waals surface area contributed by atoms with Crippen LogP contribution in [0.25, 0.3) is 0 Å². The summed E-state index contributed by atoms with van der Waals surface area (Å²) in [6.07, 6.45) is -4.26. The monoisotopic (exact) mass is 238 g/mol. The number of amides is 2. The van der Waals surface area contributed by atoms with E-state index in [0.717, 1.165) is 4.90 Å². The van der Waals surface area contributed by atoms with Gasteiger partial charge in [-0.1, -0.05) is 0 Å². The number of rotatable bonds is 1. The molecular weight excluding hydrogens is 225 g/mol. The molecule has 1 heterocycles. The van der Waals surface area contributed by atoms with Gasteiger partial charge in [-0.2, -0.15) is 13.2 Å². The van der Waals surface area contributed by atoms with Crippen molar-refractivity contribution in [3.63, 3.8) is 0 Å². The molecule has 4 nitrogen and oxygen atoms in total. The molecule has 1 aliphatic heterocycles. The third kappa shape index (κ3) is 2.86. The SMILES string of the molecule is CNC(=O)C1CCN(C(=O)C(F)(F)F)CC1. The van der Waals surface area contributed by atoms with Gasteiger partial charge >= 0.3 is 12.1 Å². The molecule has 1 saturated heterocycles. The molecule has 0 radical (unpaired) electrons. The van der Waals surface area contributed by atoms with Crippen molar-refractivity contribution in [3.05, 3.63) is 0 Å². The molecular formula is C9H13F3N2O2. The molecule has 1 rings (SSSR count). The lowest BCUT2D eigenvalue weighted by Gasteiger charge is -2.31. The number of hydrogen-bond donors (Lipinski definition) is 1. The van der Waals surface area contributed by atoms with E-state index in [1.54, 1.807) is 0 Å². The van der Waals surface area contributed by atoms with Crippen LogP contribution >= 0.6 is 0 Å². The molecule has 0 atom stereocenters. The van der Waals surface area contributed by atoms with Crippen LogP contribution in [0.15, 0.2) is 0 Å². The van der Waals surface area contributed by atoms with Crippen LogP contribution < -0.4 is 5.32 Å². The summed E-state index contributed by atoms with van der Waals surface area (Å²) >= 11 is 0. The number of piperidine rings is 1. The largest absolute Gasteiger partial charge is 0.471 e. The van der Waals surface area contributed by atoms with Gasteiger partial charge in [0.2, 0.25) is 5.91 Å². The summed E-state index contributed by atoms with van der Waals surface area (Å²) in [7, 11) is 1.48. The summed E-state index contributed by atoms with van der Waals surface area (Å²) in [5, 5.41) is 2.44. The van der Waals surface area contributed by atoms with E-state index in [9.17, 15) is 22.8 Å². The van der Waals surface area contributed by atoms with Crippen molar-refractivity contribution < 1.29 is 22.8 Å². The van der Waals surface area contributed by atoms with E-state index in [4.69, 9.17) is 0 Å². The molecule has 92 valence electrons. The molecule has 0 aromatic rings. The van der Waals surface area contributed by atoms with Crippen molar-refractivity contribution in [1.82, 2.24) is 10.2 Å². The average molecular weight is 238 g/mol. The topological polar surface area (TPSA) is 49.4 Å². The molecule has 0 saturated carbocycles. The van der Waals surface area contributed by atoms with Crippen LogP contribution in [0.1, 0.15) is 12.8 Å². The maximum absolute atomic E-state index is 12.1. The van der Waals surface area contributed by atoms with Gasteiger partial charge in [-0.25, -0.2) is 0 Å². The zero-order chi connectivity index (χ0) is 12.3. The van der Waals surface area contributed by atoms with Gasteiger partial charge in [-0.15, -0.1) is 0 Å². The van der Waals surface area contributed by atoms with E-state index in [1.807, 2.05) is 0 Å². The summed E-state index contributed by atoms with van der Waals surface area (Å²) < 4.78 is 36.3. The lowest BCUT2D eigenvalue weighted by molar-refractivity contribution is -0.186. The quantitative estimate of drug-likeness (QED) is 0.724.